The Bertz CT molecular complexity index is 702. The maximum absolute atomic E-state index is 11.9. The van der Waals surface area contributed by atoms with E-state index in [1.54, 1.807) is 10.9 Å². The molecule has 2 rings (SSSR count). The summed E-state index contributed by atoms with van der Waals surface area (Å²) >= 11 is 0. The van der Waals surface area contributed by atoms with Gasteiger partial charge in [0, 0.05) is 37.3 Å². The van der Waals surface area contributed by atoms with Gasteiger partial charge in [-0.3, -0.25) is 14.2 Å². The Labute approximate surface area is 104 Å². The molecule has 18 heavy (non-hydrogen) atoms. The van der Waals surface area contributed by atoms with Crippen LogP contribution in [-0.4, -0.2) is 23.2 Å². The van der Waals surface area contributed by atoms with Crippen LogP contribution < -0.4 is 10.2 Å². The number of H-pyrrole nitrogens is 1. The summed E-state index contributed by atoms with van der Waals surface area (Å²) in [6.45, 7) is 2.51. The zero-order valence-electron chi connectivity index (χ0n) is 9.62. The van der Waals surface area contributed by atoms with Gasteiger partial charge in [0.05, 0.1) is 0 Å². The van der Waals surface area contributed by atoms with Crippen molar-refractivity contribution in [3.63, 3.8) is 0 Å². The van der Waals surface area contributed by atoms with E-state index < -0.39 is 15.5 Å². The molecule has 2 aromatic heterocycles. The van der Waals surface area contributed by atoms with E-state index in [4.69, 9.17) is 0 Å². The number of aromatic amines is 1. The van der Waals surface area contributed by atoms with Crippen LogP contribution >= 0.6 is 0 Å². The van der Waals surface area contributed by atoms with Gasteiger partial charge in [-0.15, -0.1) is 0 Å². The molecule has 96 valence electrons. The Balaban J connectivity index is 2.33. The lowest BCUT2D eigenvalue weighted by Gasteiger charge is -2.03. The molecule has 0 spiro atoms. The molecule has 7 nitrogen and oxygen atoms in total. The van der Waals surface area contributed by atoms with E-state index in [2.05, 4.69) is 14.8 Å². The van der Waals surface area contributed by atoms with Crippen LogP contribution in [0.25, 0.3) is 0 Å². The molecule has 0 bridgehead atoms. The van der Waals surface area contributed by atoms with Crippen LogP contribution in [0.1, 0.15) is 6.92 Å². The molecule has 0 saturated carbocycles. The van der Waals surface area contributed by atoms with E-state index in [-0.39, 0.29) is 10.7 Å². The number of nitrogens with one attached hydrogen (secondary N) is 2. The molecule has 0 aliphatic heterocycles. The van der Waals surface area contributed by atoms with Crippen molar-refractivity contribution in [2.24, 2.45) is 0 Å². The summed E-state index contributed by atoms with van der Waals surface area (Å²) in [6, 6.07) is 2.68. The van der Waals surface area contributed by atoms with Crippen molar-refractivity contribution >= 4 is 15.8 Å². The highest BCUT2D eigenvalue weighted by Crippen LogP contribution is 2.10. The second-order valence-corrected chi connectivity index (χ2v) is 5.19. The van der Waals surface area contributed by atoms with E-state index in [9.17, 15) is 13.2 Å². The fourth-order valence-corrected chi connectivity index (χ4v) is 2.45. The first-order valence-corrected chi connectivity index (χ1v) is 6.74. The topological polar surface area (TPSA) is 96.9 Å². The minimum atomic E-state index is -3.91. The van der Waals surface area contributed by atoms with E-state index in [0.717, 1.165) is 12.3 Å². The van der Waals surface area contributed by atoms with Gasteiger partial charge in [0.15, 0.2) is 10.7 Å². The molecule has 8 heteroatoms. The number of nitrogens with zero attached hydrogens (tertiary/aromatic N) is 2. The molecule has 0 amide bonds. The number of sulfonamides is 1. The number of aromatic nitrogens is 3. The van der Waals surface area contributed by atoms with E-state index in [1.165, 1.54) is 12.3 Å². The van der Waals surface area contributed by atoms with Gasteiger partial charge >= 0.3 is 0 Å². The highest BCUT2D eigenvalue weighted by molar-refractivity contribution is 7.92. The second kappa shape index (κ2) is 4.65. The number of aryl methyl sites for hydroxylation is 1. The normalized spacial score (nSPS) is 11.4. The van der Waals surface area contributed by atoms with Crippen molar-refractivity contribution < 1.29 is 8.42 Å². The largest absolute Gasteiger partial charge is 0.366 e. The van der Waals surface area contributed by atoms with Gasteiger partial charge in [0.2, 0.25) is 5.43 Å². The van der Waals surface area contributed by atoms with Crippen LogP contribution in [0.5, 0.6) is 0 Å². The predicted molar refractivity (Wildman–Crippen MR) is 65.8 cm³/mol. The third-order valence-electron chi connectivity index (χ3n) is 2.28. The molecule has 0 atom stereocenters. The third kappa shape index (κ3) is 2.43. The number of rotatable bonds is 4. The molecule has 0 unspecified atom stereocenters. The smallest absolute Gasteiger partial charge is 0.268 e. The molecular weight excluding hydrogens is 256 g/mol. The number of anilines is 1. The molecule has 2 aromatic rings. The van der Waals surface area contributed by atoms with Crippen LogP contribution in [-0.2, 0) is 16.6 Å². The van der Waals surface area contributed by atoms with Gasteiger partial charge in [0.1, 0.15) is 0 Å². The van der Waals surface area contributed by atoms with Crippen LogP contribution in [0.15, 0.2) is 40.4 Å². The summed E-state index contributed by atoms with van der Waals surface area (Å²) in [6.07, 6.45) is 4.15. The maximum atomic E-state index is 11.9. The first-order chi connectivity index (χ1) is 8.53. The molecule has 0 radical (unpaired) electrons. The molecule has 0 aliphatic rings. The molecule has 2 heterocycles. The minimum absolute atomic E-state index is 0.181. The second-order valence-electron chi connectivity index (χ2n) is 3.54. The van der Waals surface area contributed by atoms with Crippen LogP contribution in [0.3, 0.4) is 0 Å². The summed E-state index contributed by atoms with van der Waals surface area (Å²) < 4.78 is 27.7. The summed E-state index contributed by atoms with van der Waals surface area (Å²) in [4.78, 5) is 13.7. The van der Waals surface area contributed by atoms with Gasteiger partial charge < -0.3 is 4.98 Å². The SMILES string of the molecule is CCn1ccc(NS(=O)(=O)c2c[nH]ccc2=O)n1. The summed E-state index contributed by atoms with van der Waals surface area (Å²) in [7, 11) is -3.91. The summed E-state index contributed by atoms with van der Waals surface area (Å²) in [5, 5.41) is 3.98. The molecule has 0 fully saturated rings. The predicted octanol–water partition coefficient (Wildman–Crippen LogP) is 0.392. The van der Waals surface area contributed by atoms with Crippen molar-refractivity contribution in [1.29, 1.82) is 0 Å². The zero-order valence-corrected chi connectivity index (χ0v) is 10.4. The Morgan fingerprint density at radius 3 is 2.83 bits per heavy atom. The number of hydrogen-bond acceptors (Lipinski definition) is 4. The Morgan fingerprint density at radius 2 is 2.22 bits per heavy atom. The number of hydrogen-bond donors (Lipinski definition) is 2. The van der Waals surface area contributed by atoms with E-state index >= 15 is 0 Å². The van der Waals surface area contributed by atoms with Crippen molar-refractivity contribution in [2.45, 2.75) is 18.4 Å². The van der Waals surface area contributed by atoms with Gasteiger partial charge in [-0.2, -0.15) is 5.10 Å². The molecule has 0 saturated heterocycles. The van der Waals surface area contributed by atoms with Crippen molar-refractivity contribution in [3.05, 3.63) is 40.9 Å². The Hall–Kier alpha value is -2.09. The highest BCUT2D eigenvalue weighted by atomic mass is 32.2. The van der Waals surface area contributed by atoms with Gasteiger partial charge in [0.25, 0.3) is 10.0 Å². The molecular formula is C10H12N4O3S. The monoisotopic (exact) mass is 268 g/mol. The third-order valence-corrected chi connectivity index (χ3v) is 3.66. The first-order valence-electron chi connectivity index (χ1n) is 5.26. The molecule has 0 aliphatic carbocycles. The first kappa shape index (κ1) is 12.4. The van der Waals surface area contributed by atoms with Crippen molar-refractivity contribution in [1.82, 2.24) is 14.8 Å². The van der Waals surface area contributed by atoms with Crippen LogP contribution in [0, 0.1) is 0 Å². The summed E-state index contributed by atoms with van der Waals surface area (Å²) in [5.74, 6) is 0.181. The molecule has 0 aromatic carbocycles. The van der Waals surface area contributed by atoms with Gasteiger partial charge in [-0.25, -0.2) is 8.42 Å². The minimum Gasteiger partial charge on any atom is -0.366 e. The zero-order chi connectivity index (χ0) is 13.2. The Kier molecular flexibility index (Phi) is 3.19. The average molecular weight is 268 g/mol. The van der Waals surface area contributed by atoms with Gasteiger partial charge in [-0.05, 0) is 6.92 Å². The fourth-order valence-electron chi connectivity index (χ4n) is 1.40. The highest BCUT2D eigenvalue weighted by Gasteiger charge is 2.18. The van der Waals surface area contributed by atoms with Crippen molar-refractivity contribution in [3.8, 4) is 0 Å². The fraction of sp³-hybridized carbons (Fsp3) is 0.200. The van der Waals surface area contributed by atoms with Crippen LogP contribution in [0.4, 0.5) is 5.82 Å². The van der Waals surface area contributed by atoms with Crippen LogP contribution in [0.2, 0.25) is 0 Å². The van der Waals surface area contributed by atoms with E-state index in [1.807, 2.05) is 6.92 Å². The van der Waals surface area contributed by atoms with Crippen molar-refractivity contribution in [2.75, 3.05) is 4.72 Å². The maximum Gasteiger partial charge on any atom is 0.268 e. The van der Waals surface area contributed by atoms with E-state index in [0.29, 0.717) is 6.54 Å². The lowest BCUT2D eigenvalue weighted by molar-refractivity contribution is 0.599. The quantitative estimate of drug-likeness (QED) is 0.838. The lowest BCUT2D eigenvalue weighted by atomic mass is 10.5. The number of pyridine rings is 1. The lowest BCUT2D eigenvalue weighted by Crippen LogP contribution is -2.21. The standard InChI is InChI=1S/C10H12N4O3S/c1-2-14-6-4-10(12-14)13-18(16,17)9-7-11-5-3-8(9)15/h3-7H,2H2,1H3,(H,11,15)(H,12,13). The Morgan fingerprint density at radius 1 is 1.44 bits per heavy atom. The van der Waals surface area contributed by atoms with Gasteiger partial charge in [-0.1, -0.05) is 0 Å². The molecule has 2 N–H and O–H groups in total. The average Bonchev–Trinajstić information content (AvgIpc) is 2.76. The summed E-state index contributed by atoms with van der Waals surface area (Å²) in [5.41, 5.74) is -0.573.